The van der Waals surface area contributed by atoms with Crippen LogP contribution in [0.5, 0.6) is 0 Å². The van der Waals surface area contributed by atoms with Gasteiger partial charge in [0.1, 0.15) is 41.2 Å². The maximum absolute atomic E-state index is 13.4. The van der Waals surface area contributed by atoms with Crippen molar-refractivity contribution in [3.63, 3.8) is 0 Å². The molecule has 0 saturated carbocycles. The van der Waals surface area contributed by atoms with Gasteiger partial charge in [-0.3, -0.25) is 9.97 Å². The molecule has 7 nitrogen and oxygen atoms in total. The van der Waals surface area contributed by atoms with Gasteiger partial charge in [-0.05, 0) is 35.7 Å². The highest BCUT2D eigenvalue weighted by Crippen LogP contribution is 2.31. The zero-order chi connectivity index (χ0) is 21.7. The van der Waals surface area contributed by atoms with E-state index in [2.05, 4.69) is 19.9 Å². The fourth-order valence-electron chi connectivity index (χ4n) is 2.89. The van der Waals surface area contributed by atoms with E-state index in [1.807, 2.05) is 6.92 Å². The van der Waals surface area contributed by atoms with Crippen LogP contribution in [-0.4, -0.2) is 19.9 Å². The van der Waals surface area contributed by atoms with Crippen molar-refractivity contribution in [2.45, 2.75) is 13.3 Å². The number of nitrogens with zero attached hydrogens (tertiary/aromatic N) is 5. The number of aromatic nitrogens is 4. The van der Waals surface area contributed by atoms with E-state index in [-0.39, 0.29) is 23.0 Å². The second-order valence-corrected chi connectivity index (χ2v) is 6.20. The molecule has 0 aliphatic rings. The summed E-state index contributed by atoms with van der Waals surface area (Å²) in [6.07, 6.45) is 6.46. The Kier molecular flexibility index (Phi) is 6.08. The fraction of sp³-hybridized carbons (Fsp3) is 0.0952. The van der Waals surface area contributed by atoms with E-state index < -0.39 is 5.82 Å². The number of hydrogen-bond acceptors (Lipinski definition) is 7. The van der Waals surface area contributed by atoms with Crippen molar-refractivity contribution < 1.29 is 8.78 Å². The molecule has 0 aliphatic carbocycles. The van der Waals surface area contributed by atoms with Gasteiger partial charge in [-0.25, -0.2) is 18.7 Å². The molecule has 30 heavy (non-hydrogen) atoms. The maximum Gasteiger partial charge on any atom is 0.146 e. The van der Waals surface area contributed by atoms with Gasteiger partial charge in [-0.2, -0.15) is 5.26 Å². The van der Waals surface area contributed by atoms with Gasteiger partial charge < -0.3 is 11.5 Å². The molecular weight excluding hydrogens is 388 g/mol. The highest BCUT2D eigenvalue weighted by molar-refractivity contribution is 5.95. The number of halogens is 2. The molecule has 0 bridgehead atoms. The van der Waals surface area contributed by atoms with Gasteiger partial charge >= 0.3 is 0 Å². The molecular formula is C21H17F2N7. The molecule has 0 unspecified atom stereocenters. The standard InChI is InChI=1S/C16H12F2N2.C5H5N5/c1-2-10-8-20-15-6-12(17)3-4-14(15)16(10)11-5-13(18)9-19-7-11;6-1-3-4(7)9-2-10-5(3)8/h3-9H,2H2,1H3;2H,(H4,7,8,9,10). The number of nitrogens with two attached hydrogens (primary N) is 2. The third-order valence-electron chi connectivity index (χ3n) is 4.30. The lowest BCUT2D eigenvalue weighted by Gasteiger charge is -2.11. The molecule has 150 valence electrons. The van der Waals surface area contributed by atoms with E-state index in [1.165, 1.54) is 24.5 Å². The van der Waals surface area contributed by atoms with Crippen molar-refractivity contribution in [1.82, 2.24) is 19.9 Å². The largest absolute Gasteiger partial charge is 0.382 e. The van der Waals surface area contributed by atoms with Crippen LogP contribution in [0.25, 0.3) is 22.0 Å². The lowest BCUT2D eigenvalue weighted by Crippen LogP contribution is -2.01. The molecule has 0 fully saturated rings. The average Bonchev–Trinajstić information content (AvgIpc) is 2.73. The number of pyridine rings is 2. The minimum absolute atomic E-state index is 0.120. The zero-order valence-electron chi connectivity index (χ0n) is 16.0. The Labute approximate surface area is 171 Å². The predicted octanol–water partition coefficient (Wildman–Crippen LogP) is 3.65. The molecule has 9 heteroatoms. The summed E-state index contributed by atoms with van der Waals surface area (Å²) in [5.74, 6) is -0.487. The van der Waals surface area contributed by atoms with Crippen LogP contribution in [-0.2, 0) is 6.42 Å². The smallest absolute Gasteiger partial charge is 0.146 e. The van der Waals surface area contributed by atoms with Gasteiger partial charge in [0.25, 0.3) is 0 Å². The molecule has 4 N–H and O–H groups in total. The van der Waals surface area contributed by atoms with Gasteiger partial charge in [-0.15, -0.1) is 0 Å². The van der Waals surface area contributed by atoms with Crippen molar-refractivity contribution in [2.75, 3.05) is 11.5 Å². The zero-order valence-corrected chi connectivity index (χ0v) is 16.0. The average molecular weight is 405 g/mol. The lowest BCUT2D eigenvalue weighted by atomic mass is 9.96. The van der Waals surface area contributed by atoms with Crippen LogP contribution in [0.15, 0.2) is 49.2 Å². The summed E-state index contributed by atoms with van der Waals surface area (Å²) in [7, 11) is 0. The Morgan fingerprint density at radius 3 is 2.30 bits per heavy atom. The van der Waals surface area contributed by atoms with Crippen LogP contribution in [0.1, 0.15) is 18.1 Å². The minimum Gasteiger partial charge on any atom is -0.382 e. The molecule has 3 aromatic heterocycles. The van der Waals surface area contributed by atoms with Gasteiger partial charge in [0.15, 0.2) is 0 Å². The maximum atomic E-state index is 13.4. The van der Waals surface area contributed by atoms with E-state index in [0.29, 0.717) is 11.1 Å². The topological polar surface area (TPSA) is 127 Å². The molecule has 1 aromatic carbocycles. The quantitative estimate of drug-likeness (QED) is 0.521. The van der Waals surface area contributed by atoms with Crippen LogP contribution >= 0.6 is 0 Å². The number of aryl methyl sites for hydroxylation is 1. The highest BCUT2D eigenvalue weighted by Gasteiger charge is 2.11. The second kappa shape index (κ2) is 8.87. The highest BCUT2D eigenvalue weighted by atomic mass is 19.1. The number of anilines is 2. The molecule has 0 atom stereocenters. The first-order chi connectivity index (χ1) is 14.4. The predicted molar refractivity (Wildman–Crippen MR) is 110 cm³/mol. The van der Waals surface area contributed by atoms with E-state index >= 15 is 0 Å². The molecule has 3 heterocycles. The Bertz CT molecular complexity index is 1230. The summed E-state index contributed by atoms with van der Waals surface area (Å²) in [5, 5.41) is 9.21. The molecule has 4 rings (SSSR count). The Morgan fingerprint density at radius 1 is 0.967 bits per heavy atom. The first-order valence-electron chi connectivity index (χ1n) is 8.88. The summed E-state index contributed by atoms with van der Waals surface area (Å²) in [6.45, 7) is 2.00. The van der Waals surface area contributed by atoms with Crippen LogP contribution in [0, 0.1) is 23.0 Å². The van der Waals surface area contributed by atoms with Crippen molar-refractivity contribution in [3.05, 3.63) is 71.9 Å². The molecule has 0 radical (unpaired) electrons. The summed E-state index contributed by atoms with van der Waals surface area (Å²) in [5.41, 5.74) is 13.8. The van der Waals surface area contributed by atoms with Crippen LogP contribution in [0.2, 0.25) is 0 Å². The van der Waals surface area contributed by atoms with Crippen molar-refractivity contribution >= 4 is 22.5 Å². The number of nitriles is 1. The van der Waals surface area contributed by atoms with E-state index in [9.17, 15) is 8.78 Å². The van der Waals surface area contributed by atoms with Gasteiger partial charge in [0.05, 0.1) is 11.7 Å². The third-order valence-corrected chi connectivity index (χ3v) is 4.30. The minimum atomic E-state index is -0.392. The number of hydrogen-bond donors (Lipinski definition) is 2. The Balaban J connectivity index is 0.000000216. The normalized spacial score (nSPS) is 10.2. The van der Waals surface area contributed by atoms with Gasteiger partial charge in [0.2, 0.25) is 0 Å². The van der Waals surface area contributed by atoms with Gasteiger partial charge in [-0.1, -0.05) is 6.92 Å². The SMILES string of the molecule is CCc1cnc2cc(F)ccc2c1-c1cncc(F)c1.N#Cc1c(N)ncnc1N. The van der Waals surface area contributed by atoms with Crippen LogP contribution in [0.3, 0.4) is 0 Å². The molecule has 0 aliphatic heterocycles. The van der Waals surface area contributed by atoms with E-state index in [4.69, 9.17) is 16.7 Å². The lowest BCUT2D eigenvalue weighted by molar-refractivity contribution is 0.622. The Hall–Kier alpha value is -4.19. The van der Waals surface area contributed by atoms with Crippen molar-refractivity contribution in [3.8, 4) is 17.2 Å². The first-order valence-corrected chi connectivity index (χ1v) is 8.88. The molecule has 0 amide bonds. The van der Waals surface area contributed by atoms with Gasteiger partial charge in [0, 0.05) is 29.4 Å². The monoisotopic (exact) mass is 405 g/mol. The number of fused-ring (bicyclic) bond motifs is 1. The summed E-state index contributed by atoms with van der Waals surface area (Å²) in [6, 6.07) is 7.67. The van der Waals surface area contributed by atoms with Crippen LogP contribution < -0.4 is 11.5 Å². The van der Waals surface area contributed by atoms with Crippen molar-refractivity contribution in [2.24, 2.45) is 0 Å². The molecule has 0 saturated heterocycles. The molecule has 4 aromatic rings. The van der Waals surface area contributed by atoms with Crippen LogP contribution in [0.4, 0.5) is 20.4 Å². The van der Waals surface area contributed by atoms with E-state index in [1.54, 1.807) is 24.5 Å². The van der Waals surface area contributed by atoms with Crippen molar-refractivity contribution in [1.29, 1.82) is 5.26 Å². The van der Waals surface area contributed by atoms with E-state index in [0.717, 1.165) is 29.1 Å². The fourth-order valence-corrected chi connectivity index (χ4v) is 2.89. The molecule has 0 spiro atoms. The second-order valence-electron chi connectivity index (χ2n) is 6.20. The third kappa shape index (κ3) is 4.28. The summed E-state index contributed by atoms with van der Waals surface area (Å²) < 4.78 is 26.7. The number of nitrogen functional groups attached to an aromatic ring is 2. The number of benzene rings is 1. The summed E-state index contributed by atoms with van der Waals surface area (Å²) >= 11 is 0. The first kappa shape index (κ1) is 20.5. The summed E-state index contributed by atoms with van der Waals surface area (Å²) in [4.78, 5) is 15.3. The number of rotatable bonds is 2. The Morgan fingerprint density at radius 2 is 1.70 bits per heavy atom.